The number of amides is 1. The Morgan fingerprint density at radius 2 is 1.82 bits per heavy atom. The van der Waals surface area contributed by atoms with E-state index in [-0.39, 0.29) is 11.7 Å². The minimum atomic E-state index is -0.154. The van der Waals surface area contributed by atoms with Gasteiger partial charge in [-0.1, -0.05) is 47.7 Å². The van der Waals surface area contributed by atoms with Crippen molar-refractivity contribution >= 4 is 23.4 Å². The van der Waals surface area contributed by atoms with Crippen LogP contribution in [0.2, 0.25) is 0 Å². The summed E-state index contributed by atoms with van der Waals surface area (Å²) >= 11 is 1.32. The Morgan fingerprint density at radius 3 is 2.56 bits per heavy atom. The van der Waals surface area contributed by atoms with E-state index in [0.717, 1.165) is 22.6 Å². The second-order valence-electron chi connectivity index (χ2n) is 7.48. The van der Waals surface area contributed by atoms with Gasteiger partial charge in [-0.2, -0.15) is 0 Å². The normalized spacial score (nSPS) is 10.7. The van der Waals surface area contributed by atoms with E-state index < -0.39 is 0 Å². The van der Waals surface area contributed by atoms with Gasteiger partial charge in [0, 0.05) is 11.3 Å². The lowest BCUT2D eigenvalue weighted by molar-refractivity contribution is -0.113. The fraction of sp³-hybridized carbons (Fsp3) is 0.192. The van der Waals surface area contributed by atoms with E-state index in [2.05, 4.69) is 21.6 Å². The average molecular weight is 475 g/mol. The predicted octanol–water partition coefficient (Wildman–Crippen LogP) is 5.38. The van der Waals surface area contributed by atoms with Crippen LogP contribution in [0.5, 0.6) is 11.5 Å². The van der Waals surface area contributed by atoms with E-state index in [0.29, 0.717) is 29.0 Å². The van der Waals surface area contributed by atoms with Crippen LogP contribution in [0.1, 0.15) is 12.5 Å². The van der Waals surface area contributed by atoms with Crippen molar-refractivity contribution in [1.82, 2.24) is 14.8 Å². The molecule has 0 bridgehead atoms. The number of para-hydroxylation sites is 2. The highest BCUT2D eigenvalue weighted by molar-refractivity contribution is 7.99. The number of rotatable bonds is 9. The summed E-state index contributed by atoms with van der Waals surface area (Å²) in [5.41, 5.74) is 3.60. The summed E-state index contributed by atoms with van der Waals surface area (Å²) in [6.45, 7) is 4.47. The molecule has 8 heteroatoms. The molecule has 0 aliphatic heterocycles. The number of nitrogens with one attached hydrogen (secondary N) is 1. The Bertz CT molecular complexity index is 1270. The van der Waals surface area contributed by atoms with Gasteiger partial charge in [0.1, 0.15) is 11.5 Å². The van der Waals surface area contributed by atoms with E-state index >= 15 is 0 Å². The Morgan fingerprint density at radius 1 is 1.03 bits per heavy atom. The summed E-state index contributed by atoms with van der Waals surface area (Å²) in [5.74, 6) is 2.13. The minimum Gasteiger partial charge on any atom is -0.497 e. The van der Waals surface area contributed by atoms with Crippen LogP contribution in [0.3, 0.4) is 0 Å². The third-order valence-electron chi connectivity index (χ3n) is 5.03. The van der Waals surface area contributed by atoms with Crippen molar-refractivity contribution in [2.75, 3.05) is 24.8 Å². The molecule has 174 valence electrons. The molecule has 3 aromatic carbocycles. The molecule has 1 amide bonds. The topological polar surface area (TPSA) is 78.3 Å². The lowest BCUT2D eigenvalue weighted by Gasteiger charge is -2.12. The molecule has 0 radical (unpaired) electrons. The minimum absolute atomic E-state index is 0.154. The van der Waals surface area contributed by atoms with Crippen LogP contribution < -0.4 is 14.8 Å². The first-order chi connectivity index (χ1) is 16.6. The fourth-order valence-corrected chi connectivity index (χ4v) is 4.22. The van der Waals surface area contributed by atoms with E-state index in [1.54, 1.807) is 7.11 Å². The van der Waals surface area contributed by atoms with Gasteiger partial charge in [-0.05, 0) is 56.3 Å². The smallest absolute Gasteiger partial charge is 0.234 e. The van der Waals surface area contributed by atoms with Gasteiger partial charge < -0.3 is 14.8 Å². The van der Waals surface area contributed by atoms with Gasteiger partial charge in [0.2, 0.25) is 5.91 Å². The van der Waals surface area contributed by atoms with Crippen LogP contribution in [-0.2, 0) is 4.79 Å². The summed E-state index contributed by atoms with van der Waals surface area (Å²) < 4.78 is 12.9. The van der Waals surface area contributed by atoms with Crippen molar-refractivity contribution in [3.8, 4) is 28.6 Å². The van der Waals surface area contributed by atoms with Crippen molar-refractivity contribution in [1.29, 1.82) is 0 Å². The summed E-state index contributed by atoms with van der Waals surface area (Å²) in [6.07, 6.45) is 0. The number of methoxy groups -OCH3 is 1. The molecule has 7 nitrogen and oxygen atoms in total. The Kier molecular flexibility index (Phi) is 7.49. The fourth-order valence-electron chi connectivity index (χ4n) is 3.47. The maximum absolute atomic E-state index is 12.7. The first-order valence-electron chi connectivity index (χ1n) is 10.9. The van der Waals surface area contributed by atoms with E-state index in [4.69, 9.17) is 9.47 Å². The number of aromatic nitrogens is 3. The number of hydrogen-bond donors (Lipinski definition) is 1. The van der Waals surface area contributed by atoms with Gasteiger partial charge in [-0.25, -0.2) is 0 Å². The van der Waals surface area contributed by atoms with Crippen molar-refractivity contribution in [2.24, 2.45) is 0 Å². The molecule has 0 saturated carbocycles. The molecule has 1 N–H and O–H groups in total. The highest BCUT2D eigenvalue weighted by atomic mass is 32.2. The SMILES string of the molecule is CCOc1ccccc1NC(=O)CSc1nnc(-c2cccc(C)c2)n1-c1ccc(OC)cc1. The lowest BCUT2D eigenvalue weighted by Crippen LogP contribution is -2.15. The van der Waals surface area contributed by atoms with Gasteiger partial charge in [0.05, 0.1) is 25.2 Å². The molecular formula is C26H26N4O3S. The predicted molar refractivity (Wildman–Crippen MR) is 135 cm³/mol. The number of benzene rings is 3. The maximum atomic E-state index is 12.7. The Balaban J connectivity index is 1.59. The molecular weight excluding hydrogens is 448 g/mol. The van der Waals surface area contributed by atoms with E-state index in [9.17, 15) is 4.79 Å². The molecule has 4 rings (SSSR count). The van der Waals surface area contributed by atoms with Crippen LogP contribution in [0, 0.1) is 6.92 Å². The Labute approximate surface area is 203 Å². The third kappa shape index (κ3) is 5.40. The Hall–Kier alpha value is -3.78. The zero-order valence-corrected chi connectivity index (χ0v) is 20.1. The van der Waals surface area contributed by atoms with Crippen molar-refractivity contribution < 1.29 is 14.3 Å². The number of hydrogen-bond acceptors (Lipinski definition) is 6. The number of carbonyl (C=O) groups excluding carboxylic acids is 1. The van der Waals surface area contributed by atoms with Crippen molar-refractivity contribution in [3.05, 3.63) is 78.4 Å². The van der Waals surface area contributed by atoms with E-state index in [1.165, 1.54) is 11.8 Å². The molecule has 0 fully saturated rings. The second-order valence-corrected chi connectivity index (χ2v) is 8.42. The summed E-state index contributed by atoms with van der Waals surface area (Å²) in [4.78, 5) is 12.7. The van der Waals surface area contributed by atoms with Gasteiger partial charge in [-0.3, -0.25) is 9.36 Å². The van der Waals surface area contributed by atoms with Crippen LogP contribution in [0.25, 0.3) is 17.1 Å². The number of carbonyl (C=O) groups is 1. The van der Waals surface area contributed by atoms with Gasteiger partial charge in [-0.15, -0.1) is 10.2 Å². The number of ether oxygens (including phenoxy) is 2. The largest absolute Gasteiger partial charge is 0.497 e. The maximum Gasteiger partial charge on any atom is 0.234 e. The molecule has 1 heterocycles. The first kappa shape index (κ1) is 23.4. The summed E-state index contributed by atoms with van der Waals surface area (Å²) in [7, 11) is 1.63. The molecule has 0 atom stereocenters. The molecule has 0 aliphatic rings. The standard InChI is InChI=1S/C26H26N4O3S/c1-4-33-23-11-6-5-10-22(23)27-24(31)17-34-26-29-28-25(19-9-7-8-18(2)16-19)30(26)20-12-14-21(32-3)15-13-20/h5-16H,4,17H2,1-3H3,(H,27,31). The third-order valence-corrected chi connectivity index (χ3v) is 5.96. The molecule has 1 aromatic heterocycles. The van der Waals surface area contributed by atoms with Crippen LogP contribution in [0.15, 0.2) is 78.0 Å². The van der Waals surface area contributed by atoms with E-state index in [1.807, 2.05) is 85.1 Å². The number of anilines is 1. The van der Waals surface area contributed by atoms with Crippen molar-refractivity contribution in [3.63, 3.8) is 0 Å². The molecule has 34 heavy (non-hydrogen) atoms. The highest BCUT2D eigenvalue weighted by Gasteiger charge is 2.18. The highest BCUT2D eigenvalue weighted by Crippen LogP contribution is 2.30. The molecule has 0 aliphatic carbocycles. The zero-order chi connectivity index (χ0) is 23.9. The molecule has 4 aromatic rings. The second kappa shape index (κ2) is 10.9. The van der Waals surface area contributed by atoms with Crippen LogP contribution >= 0.6 is 11.8 Å². The lowest BCUT2D eigenvalue weighted by atomic mass is 10.1. The number of aryl methyl sites for hydroxylation is 1. The number of nitrogens with zero attached hydrogens (tertiary/aromatic N) is 3. The first-order valence-corrected chi connectivity index (χ1v) is 11.9. The van der Waals surface area contributed by atoms with Gasteiger partial charge in [0.25, 0.3) is 0 Å². The van der Waals surface area contributed by atoms with Crippen molar-refractivity contribution in [2.45, 2.75) is 19.0 Å². The molecule has 0 saturated heterocycles. The van der Waals surface area contributed by atoms with Gasteiger partial charge >= 0.3 is 0 Å². The molecule has 0 unspecified atom stereocenters. The summed E-state index contributed by atoms with van der Waals surface area (Å²) in [6, 6.07) is 23.2. The molecule has 0 spiro atoms. The monoisotopic (exact) mass is 474 g/mol. The van der Waals surface area contributed by atoms with Crippen LogP contribution in [-0.4, -0.2) is 40.1 Å². The van der Waals surface area contributed by atoms with Crippen LogP contribution in [0.4, 0.5) is 5.69 Å². The summed E-state index contributed by atoms with van der Waals surface area (Å²) in [5, 5.41) is 12.4. The van der Waals surface area contributed by atoms with Gasteiger partial charge in [0.15, 0.2) is 11.0 Å². The quantitative estimate of drug-likeness (QED) is 0.328. The average Bonchev–Trinajstić information content (AvgIpc) is 3.28. The number of thioether (sulfide) groups is 1. The zero-order valence-electron chi connectivity index (χ0n) is 19.3.